The number of nitrogens with zero attached hydrogens (tertiary/aromatic N) is 1. The van der Waals surface area contributed by atoms with Crippen LogP contribution in [0.3, 0.4) is 0 Å². The molecule has 0 radical (unpaired) electrons. The Morgan fingerprint density at radius 1 is 1.47 bits per heavy atom. The summed E-state index contributed by atoms with van der Waals surface area (Å²) < 4.78 is 10.1. The fourth-order valence-corrected chi connectivity index (χ4v) is 1.55. The van der Waals surface area contributed by atoms with Crippen molar-refractivity contribution in [2.24, 2.45) is 5.73 Å². The number of methoxy groups -OCH3 is 2. The number of hydrogen-bond acceptors (Lipinski definition) is 6. The molecular weight excluding hydrogens is 228 g/mol. The van der Waals surface area contributed by atoms with E-state index >= 15 is 0 Å². The van der Waals surface area contributed by atoms with Crippen LogP contribution in [0.5, 0.6) is 11.5 Å². The molecular formula is C10H14N2O5. The second kappa shape index (κ2) is 5.46. The molecule has 0 aliphatic carbocycles. The molecule has 1 aromatic carbocycles. The van der Waals surface area contributed by atoms with Crippen LogP contribution < -0.4 is 15.2 Å². The van der Waals surface area contributed by atoms with Crippen molar-refractivity contribution < 1.29 is 19.5 Å². The Balaban J connectivity index is 3.49. The van der Waals surface area contributed by atoms with Gasteiger partial charge in [0, 0.05) is 6.07 Å². The second-order valence-corrected chi connectivity index (χ2v) is 3.28. The third kappa shape index (κ3) is 2.45. The van der Waals surface area contributed by atoms with Crippen molar-refractivity contribution in [1.82, 2.24) is 0 Å². The fourth-order valence-electron chi connectivity index (χ4n) is 1.55. The van der Waals surface area contributed by atoms with Crippen LogP contribution in [-0.4, -0.2) is 30.9 Å². The molecule has 0 fully saturated rings. The molecule has 94 valence electrons. The molecule has 0 saturated carbocycles. The summed E-state index contributed by atoms with van der Waals surface area (Å²) in [5, 5.41) is 19.9. The minimum absolute atomic E-state index is 0.124. The molecule has 1 aromatic rings. The van der Waals surface area contributed by atoms with Crippen molar-refractivity contribution in [3.63, 3.8) is 0 Å². The molecule has 0 heterocycles. The zero-order valence-electron chi connectivity index (χ0n) is 9.54. The van der Waals surface area contributed by atoms with E-state index in [-0.39, 0.29) is 17.0 Å². The van der Waals surface area contributed by atoms with Crippen LogP contribution >= 0.6 is 0 Å². The van der Waals surface area contributed by atoms with E-state index in [9.17, 15) is 10.1 Å². The van der Waals surface area contributed by atoms with Gasteiger partial charge in [-0.2, -0.15) is 0 Å². The van der Waals surface area contributed by atoms with Crippen molar-refractivity contribution in [2.75, 3.05) is 20.8 Å². The lowest BCUT2D eigenvalue weighted by Crippen LogP contribution is -2.17. The maximum Gasteiger partial charge on any atom is 0.278 e. The molecule has 0 aliphatic heterocycles. The molecule has 7 nitrogen and oxygen atoms in total. The van der Waals surface area contributed by atoms with E-state index in [1.165, 1.54) is 26.4 Å². The lowest BCUT2D eigenvalue weighted by Gasteiger charge is -2.16. The van der Waals surface area contributed by atoms with Crippen molar-refractivity contribution in [3.05, 3.63) is 27.8 Å². The average molecular weight is 242 g/mol. The van der Waals surface area contributed by atoms with E-state index in [0.717, 1.165) is 0 Å². The molecule has 0 aromatic heterocycles. The number of nitro benzene ring substituents is 1. The van der Waals surface area contributed by atoms with Crippen LogP contribution in [0.15, 0.2) is 12.1 Å². The van der Waals surface area contributed by atoms with Crippen LogP contribution in [0.25, 0.3) is 0 Å². The van der Waals surface area contributed by atoms with Gasteiger partial charge in [-0.15, -0.1) is 0 Å². The molecule has 0 unspecified atom stereocenters. The quantitative estimate of drug-likeness (QED) is 0.578. The Morgan fingerprint density at radius 2 is 2.12 bits per heavy atom. The highest BCUT2D eigenvalue weighted by Crippen LogP contribution is 2.39. The van der Waals surface area contributed by atoms with Crippen molar-refractivity contribution in [3.8, 4) is 11.5 Å². The zero-order valence-corrected chi connectivity index (χ0v) is 9.54. The molecule has 0 spiro atoms. The maximum absolute atomic E-state index is 10.9. The van der Waals surface area contributed by atoms with Gasteiger partial charge in [0.05, 0.1) is 37.4 Å². The Morgan fingerprint density at radius 3 is 2.53 bits per heavy atom. The average Bonchev–Trinajstić information content (AvgIpc) is 2.35. The largest absolute Gasteiger partial charge is 0.493 e. The summed E-state index contributed by atoms with van der Waals surface area (Å²) in [6, 6.07) is 1.79. The van der Waals surface area contributed by atoms with Gasteiger partial charge in [-0.05, 0) is 6.07 Å². The standard InChI is InChI=1S/C10H14N2O5/c1-16-8-4-3-7(12(14)15)9(6(11)5-13)10(8)17-2/h3-4,6,13H,5,11H2,1-2H3/t6-/m1/s1. The third-order valence-corrected chi connectivity index (χ3v) is 2.33. The van der Waals surface area contributed by atoms with Gasteiger partial charge < -0.3 is 20.3 Å². The lowest BCUT2D eigenvalue weighted by molar-refractivity contribution is -0.385. The number of benzene rings is 1. The summed E-state index contributed by atoms with van der Waals surface area (Å²) >= 11 is 0. The van der Waals surface area contributed by atoms with E-state index in [1.54, 1.807) is 0 Å². The van der Waals surface area contributed by atoms with Gasteiger partial charge >= 0.3 is 0 Å². The van der Waals surface area contributed by atoms with Crippen LogP contribution in [0.1, 0.15) is 11.6 Å². The molecule has 0 amide bonds. The van der Waals surface area contributed by atoms with Gasteiger partial charge in [0.2, 0.25) is 0 Å². The zero-order chi connectivity index (χ0) is 13.0. The van der Waals surface area contributed by atoms with Gasteiger partial charge in [-0.1, -0.05) is 0 Å². The van der Waals surface area contributed by atoms with E-state index in [2.05, 4.69) is 0 Å². The first-order valence-corrected chi connectivity index (χ1v) is 4.82. The van der Waals surface area contributed by atoms with Crippen molar-refractivity contribution in [1.29, 1.82) is 0 Å². The van der Waals surface area contributed by atoms with Crippen LogP contribution in [-0.2, 0) is 0 Å². The Hall–Kier alpha value is -1.86. The minimum Gasteiger partial charge on any atom is -0.493 e. The number of rotatable bonds is 5. The number of ether oxygens (including phenoxy) is 2. The predicted octanol–water partition coefficient (Wildman–Crippen LogP) is 0.604. The molecule has 0 saturated heterocycles. The second-order valence-electron chi connectivity index (χ2n) is 3.28. The molecule has 1 rings (SSSR count). The highest BCUT2D eigenvalue weighted by Gasteiger charge is 2.26. The van der Waals surface area contributed by atoms with E-state index in [4.69, 9.17) is 20.3 Å². The lowest BCUT2D eigenvalue weighted by atomic mass is 10.0. The van der Waals surface area contributed by atoms with E-state index < -0.39 is 17.6 Å². The van der Waals surface area contributed by atoms with Crippen LogP contribution in [0.2, 0.25) is 0 Å². The summed E-state index contributed by atoms with van der Waals surface area (Å²) in [5.41, 5.74) is 5.56. The minimum atomic E-state index is -0.902. The number of nitro groups is 1. The van der Waals surface area contributed by atoms with Crippen LogP contribution in [0, 0.1) is 10.1 Å². The van der Waals surface area contributed by atoms with Crippen molar-refractivity contribution in [2.45, 2.75) is 6.04 Å². The Bertz CT molecular complexity index is 421. The topological polar surface area (TPSA) is 108 Å². The summed E-state index contributed by atoms with van der Waals surface area (Å²) in [4.78, 5) is 10.3. The van der Waals surface area contributed by atoms with E-state index in [0.29, 0.717) is 5.75 Å². The molecule has 7 heteroatoms. The number of aliphatic hydroxyl groups is 1. The predicted molar refractivity (Wildman–Crippen MR) is 60.2 cm³/mol. The van der Waals surface area contributed by atoms with Gasteiger partial charge in [0.1, 0.15) is 0 Å². The van der Waals surface area contributed by atoms with Crippen LogP contribution in [0.4, 0.5) is 5.69 Å². The molecule has 1 atom stereocenters. The Labute approximate surface area is 97.9 Å². The summed E-state index contributed by atoms with van der Waals surface area (Å²) in [5.74, 6) is 0.500. The van der Waals surface area contributed by atoms with Gasteiger partial charge in [0.15, 0.2) is 11.5 Å². The number of nitrogens with two attached hydrogens (primary N) is 1. The molecule has 3 N–H and O–H groups in total. The molecule has 0 aliphatic rings. The van der Waals surface area contributed by atoms with Crippen molar-refractivity contribution >= 4 is 5.69 Å². The summed E-state index contributed by atoms with van der Waals surface area (Å²) in [7, 11) is 2.77. The summed E-state index contributed by atoms with van der Waals surface area (Å²) in [6.45, 7) is -0.426. The third-order valence-electron chi connectivity index (χ3n) is 2.33. The Kier molecular flexibility index (Phi) is 4.24. The number of aliphatic hydroxyl groups excluding tert-OH is 1. The molecule has 0 bridgehead atoms. The maximum atomic E-state index is 10.9. The van der Waals surface area contributed by atoms with Gasteiger partial charge in [-0.25, -0.2) is 0 Å². The SMILES string of the molecule is COc1ccc([N+](=O)[O-])c([C@H](N)CO)c1OC. The highest BCUT2D eigenvalue weighted by molar-refractivity contribution is 5.58. The van der Waals surface area contributed by atoms with E-state index in [1.807, 2.05) is 0 Å². The summed E-state index contributed by atoms with van der Waals surface area (Å²) in [6.07, 6.45) is 0. The number of hydrogen-bond donors (Lipinski definition) is 2. The smallest absolute Gasteiger partial charge is 0.278 e. The first-order valence-electron chi connectivity index (χ1n) is 4.82. The van der Waals surface area contributed by atoms with Gasteiger partial charge in [0.25, 0.3) is 5.69 Å². The van der Waals surface area contributed by atoms with Gasteiger partial charge in [-0.3, -0.25) is 10.1 Å². The molecule has 17 heavy (non-hydrogen) atoms. The fraction of sp³-hybridized carbons (Fsp3) is 0.400. The normalized spacial score (nSPS) is 12.0. The highest BCUT2D eigenvalue weighted by atomic mass is 16.6. The monoisotopic (exact) mass is 242 g/mol. The first kappa shape index (κ1) is 13.2. The first-order chi connectivity index (χ1) is 8.06.